The van der Waals surface area contributed by atoms with E-state index in [-0.39, 0.29) is 6.54 Å². The summed E-state index contributed by atoms with van der Waals surface area (Å²) in [5.41, 5.74) is 2.52. The van der Waals surface area contributed by atoms with Crippen LogP contribution in [0.15, 0.2) is 53.6 Å². The van der Waals surface area contributed by atoms with Gasteiger partial charge in [-0.25, -0.2) is 18.1 Å². The number of pyridine rings is 1. The highest BCUT2D eigenvalue weighted by atomic mass is 32.2. The van der Waals surface area contributed by atoms with Crippen molar-refractivity contribution < 1.29 is 8.42 Å². The average molecular weight is 413 g/mol. The van der Waals surface area contributed by atoms with E-state index >= 15 is 0 Å². The van der Waals surface area contributed by atoms with Crippen LogP contribution in [0.3, 0.4) is 0 Å². The van der Waals surface area contributed by atoms with Crippen molar-refractivity contribution in [2.45, 2.75) is 25.7 Å². The van der Waals surface area contributed by atoms with E-state index in [9.17, 15) is 8.42 Å². The van der Waals surface area contributed by atoms with Crippen LogP contribution in [0.25, 0.3) is 0 Å². The number of nitrogens with zero attached hydrogens (tertiary/aromatic N) is 3. The van der Waals surface area contributed by atoms with Gasteiger partial charge in [-0.05, 0) is 56.2 Å². The molecule has 0 spiro atoms. The van der Waals surface area contributed by atoms with E-state index in [0.717, 1.165) is 16.7 Å². The van der Waals surface area contributed by atoms with Gasteiger partial charge >= 0.3 is 0 Å². The van der Waals surface area contributed by atoms with Gasteiger partial charge in [-0.2, -0.15) is 0 Å². The summed E-state index contributed by atoms with van der Waals surface area (Å²) in [5, 5.41) is 14.3. The number of sulfonamides is 1. The Morgan fingerprint density at radius 2 is 1.55 bits per heavy atom. The van der Waals surface area contributed by atoms with Crippen LogP contribution >= 0.6 is 0 Å². The third kappa shape index (κ3) is 5.49. The highest BCUT2D eigenvalue weighted by molar-refractivity contribution is 7.89. The molecule has 0 radical (unpaired) electrons. The molecular weight excluding hydrogens is 388 g/mol. The Balaban J connectivity index is 1.52. The Labute approximate surface area is 170 Å². The van der Waals surface area contributed by atoms with Crippen molar-refractivity contribution in [3.05, 3.63) is 65.4 Å². The van der Waals surface area contributed by atoms with E-state index in [1.165, 1.54) is 0 Å². The summed E-state index contributed by atoms with van der Waals surface area (Å²) in [6.07, 6.45) is 1.69. The summed E-state index contributed by atoms with van der Waals surface area (Å²) >= 11 is 0. The maximum Gasteiger partial charge on any atom is 0.241 e. The van der Waals surface area contributed by atoms with Gasteiger partial charge in [0, 0.05) is 19.3 Å². The molecule has 0 aliphatic heterocycles. The van der Waals surface area contributed by atoms with Crippen LogP contribution in [0.4, 0.5) is 17.5 Å². The smallest absolute Gasteiger partial charge is 0.241 e. The van der Waals surface area contributed by atoms with Gasteiger partial charge in [-0.1, -0.05) is 23.8 Å². The minimum atomic E-state index is -3.58. The molecule has 0 unspecified atom stereocenters. The van der Waals surface area contributed by atoms with Crippen LogP contribution in [-0.4, -0.2) is 36.7 Å². The topological polar surface area (TPSA) is 109 Å². The number of aromatic nitrogens is 3. The first-order valence-corrected chi connectivity index (χ1v) is 10.7. The van der Waals surface area contributed by atoms with Gasteiger partial charge in [0.2, 0.25) is 10.0 Å². The zero-order valence-electron chi connectivity index (χ0n) is 16.6. The number of benzene rings is 1. The molecule has 0 saturated heterocycles. The first-order chi connectivity index (χ1) is 13.8. The summed E-state index contributed by atoms with van der Waals surface area (Å²) in [6.45, 7) is 6.17. The number of hydrogen-bond donors (Lipinski definition) is 3. The number of aryl methyl sites for hydroxylation is 3. The number of rotatable bonds is 8. The second-order valence-corrected chi connectivity index (χ2v) is 8.40. The molecular formula is C20H24N6O2S. The predicted molar refractivity (Wildman–Crippen MR) is 114 cm³/mol. The predicted octanol–water partition coefficient (Wildman–Crippen LogP) is 2.93. The number of anilines is 3. The molecule has 0 atom stereocenters. The van der Waals surface area contributed by atoms with E-state index in [1.807, 2.05) is 51.1 Å². The summed E-state index contributed by atoms with van der Waals surface area (Å²) < 4.78 is 27.9. The van der Waals surface area contributed by atoms with Crippen molar-refractivity contribution >= 4 is 27.5 Å². The molecule has 3 N–H and O–H groups in total. The van der Waals surface area contributed by atoms with Crippen LogP contribution in [0.1, 0.15) is 16.7 Å². The first kappa shape index (κ1) is 20.7. The molecule has 3 rings (SSSR count). The lowest BCUT2D eigenvalue weighted by Gasteiger charge is -2.13. The highest BCUT2D eigenvalue weighted by Gasteiger charge is 2.19. The Bertz CT molecular complexity index is 1050. The monoisotopic (exact) mass is 412 g/mol. The van der Waals surface area contributed by atoms with Crippen molar-refractivity contribution in [3.8, 4) is 0 Å². The standard InChI is InChI=1S/C20H24N6O2S/c1-14-12-15(2)20(16(3)13-14)29(27,28)23-11-10-22-18-7-8-19(26-25-18)24-17-6-4-5-9-21-17/h4-9,12-13,23H,10-11H2,1-3H3,(H,22,25)(H,21,24,26). The minimum Gasteiger partial charge on any atom is -0.367 e. The maximum absolute atomic E-state index is 12.6. The largest absolute Gasteiger partial charge is 0.367 e. The molecule has 1 aromatic carbocycles. The van der Waals surface area contributed by atoms with E-state index in [4.69, 9.17) is 0 Å². The van der Waals surface area contributed by atoms with Gasteiger partial charge in [-0.3, -0.25) is 0 Å². The molecule has 0 aliphatic rings. The summed E-state index contributed by atoms with van der Waals surface area (Å²) in [6, 6.07) is 12.8. The van der Waals surface area contributed by atoms with E-state index < -0.39 is 10.0 Å². The number of nitrogens with one attached hydrogen (secondary N) is 3. The zero-order valence-corrected chi connectivity index (χ0v) is 17.4. The fourth-order valence-electron chi connectivity index (χ4n) is 3.10. The molecule has 2 aromatic heterocycles. The molecule has 29 heavy (non-hydrogen) atoms. The molecule has 2 heterocycles. The molecule has 0 bridgehead atoms. The molecule has 0 saturated carbocycles. The molecule has 9 heteroatoms. The van der Waals surface area contributed by atoms with Crippen molar-refractivity contribution in [3.63, 3.8) is 0 Å². The van der Waals surface area contributed by atoms with Gasteiger partial charge in [0.25, 0.3) is 0 Å². The summed E-state index contributed by atoms with van der Waals surface area (Å²) in [5.74, 6) is 1.80. The lowest BCUT2D eigenvalue weighted by atomic mass is 10.1. The van der Waals surface area contributed by atoms with Gasteiger partial charge in [0.05, 0.1) is 4.90 Å². The van der Waals surface area contributed by atoms with Gasteiger partial charge in [0.15, 0.2) is 5.82 Å². The van der Waals surface area contributed by atoms with Crippen LogP contribution in [0.2, 0.25) is 0 Å². The van der Waals surface area contributed by atoms with Crippen molar-refractivity contribution in [2.75, 3.05) is 23.7 Å². The normalized spacial score (nSPS) is 11.3. The van der Waals surface area contributed by atoms with Crippen molar-refractivity contribution in [2.24, 2.45) is 0 Å². The molecule has 152 valence electrons. The van der Waals surface area contributed by atoms with Crippen LogP contribution < -0.4 is 15.4 Å². The fraction of sp³-hybridized carbons (Fsp3) is 0.250. The Morgan fingerprint density at radius 3 is 2.17 bits per heavy atom. The fourth-order valence-corrected chi connectivity index (χ4v) is 4.58. The Kier molecular flexibility index (Phi) is 6.40. The second-order valence-electron chi connectivity index (χ2n) is 6.70. The van der Waals surface area contributed by atoms with Gasteiger partial charge in [-0.15, -0.1) is 10.2 Å². The highest BCUT2D eigenvalue weighted by Crippen LogP contribution is 2.21. The molecule has 0 aliphatic carbocycles. The lowest BCUT2D eigenvalue weighted by Crippen LogP contribution is -2.30. The van der Waals surface area contributed by atoms with E-state index in [1.54, 1.807) is 18.3 Å². The maximum atomic E-state index is 12.6. The van der Waals surface area contributed by atoms with Gasteiger partial charge in [0.1, 0.15) is 11.6 Å². The van der Waals surface area contributed by atoms with Crippen LogP contribution in [0, 0.1) is 20.8 Å². The Morgan fingerprint density at radius 1 is 0.862 bits per heavy atom. The lowest BCUT2D eigenvalue weighted by molar-refractivity contribution is 0.581. The molecule has 3 aromatic rings. The van der Waals surface area contributed by atoms with E-state index in [0.29, 0.717) is 28.9 Å². The minimum absolute atomic E-state index is 0.227. The third-order valence-electron chi connectivity index (χ3n) is 4.18. The van der Waals surface area contributed by atoms with Crippen LogP contribution in [0.5, 0.6) is 0 Å². The third-order valence-corrected chi connectivity index (χ3v) is 5.95. The average Bonchev–Trinajstić information content (AvgIpc) is 2.66. The Hall–Kier alpha value is -3.04. The number of hydrogen-bond acceptors (Lipinski definition) is 7. The first-order valence-electron chi connectivity index (χ1n) is 9.18. The van der Waals surface area contributed by atoms with Crippen LogP contribution in [-0.2, 0) is 10.0 Å². The second kappa shape index (κ2) is 8.97. The molecule has 0 amide bonds. The van der Waals surface area contributed by atoms with Crippen molar-refractivity contribution in [1.29, 1.82) is 0 Å². The summed E-state index contributed by atoms with van der Waals surface area (Å²) in [7, 11) is -3.58. The van der Waals surface area contributed by atoms with E-state index in [2.05, 4.69) is 30.5 Å². The quantitative estimate of drug-likeness (QED) is 0.488. The molecule has 0 fully saturated rings. The van der Waals surface area contributed by atoms with Crippen molar-refractivity contribution in [1.82, 2.24) is 19.9 Å². The zero-order chi connectivity index (χ0) is 20.9. The van der Waals surface area contributed by atoms with Gasteiger partial charge < -0.3 is 10.6 Å². The SMILES string of the molecule is Cc1cc(C)c(S(=O)(=O)NCCNc2ccc(Nc3ccccn3)nn2)c(C)c1. The molecule has 8 nitrogen and oxygen atoms in total. The summed E-state index contributed by atoms with van der Waals surface area (Å²) in [4.78, 5) is 4.50.